The molecule has 0 fully saturated rings. The average Bonchev–Trinajstić information content (AvgIpc) is 2.54. The van der Waals surface area contributed by atoms with Crippen LogP contribution in [0.4, 0.5) is 11.4 Å². The van der Waals surface area contributed by atoms with Gasteiger partial charge in [0.2, 0.25) is 0 Å². The molecule has 3 nitrogen and oxygen atoms in total. The SMILES string of the molecule is CCCN(CCC)c1ccc(OCc2ccccc2)c(N)c1. The first-order valence-corrected chi connectivity index (χ1v) is 8.05. The van der Waals surface area contributed by atoms with E-state index in [1.54, 1.807) is 0 Å². The molecule has 0 unspecified atom stereocenters. The molecule has 0 saturated heterocycles. The van der Waals surface area contributed by atoms with E-state index in [0.717, 1.165) is 37.2 Å². The van der Waals surface area contributed by atoms with Crippen molar-refractivity contribution in [2.24, 2.45) is 0 Å². The summed E-state index contributed by atoms with van der Waals surface area (Å²) in [5, 5.41) is 0. The van der Waals surface area contributed by atoms with E-state index >= 15 is 0 Å². The molecule has 3 heteroatoms. The smallest absolute Gasteiger partial charge is 0.142 e. The number of nitrogen functional groups attached to an aromatic ring is 1. The Balaban J connectivity index is 2.05. The lowest BCUT2D eigenvalue weighted by Gasteiger charge is -2.24. The zero-order valence-electron chi connectivity index (χ0n) is 13.6. The fourth-order valence-corrected chi connectivity index (χ4v) is 2.51. The van der Waals surface area contributed by atoms with Crippen LogP contribution in [0.5, 0.6) is 5.75 Å². The van der Waals surface area contributed by atoms with Crippen LogP contribution in [0.15, 0.2) is 48.5 Å². The van der Waals surface area contributed by atoms with E-state index in [0.29, 0.717) is 12.3 Å². The van der Waals surface area contributed by atoms with Gasteiger partial charge in [0, 0.05) is 18.8 Å². The first kappa shape index (κ1) is 16.2. The van der Waals surface area contributed by atoms with Crippen LogP contribution in [0.2, 0.25) is 0 Å². The number of benzene rings is 2. The van der Waals surface area contributed by atoms with Crippen molar-refractivity contribution in [3.05, 3.63) is 54.1 Å². The van der Waals surface area contributed by atoms with Gasteiger partial charge in [-0.1, -0.05) is 44.2 Å². The largest absolute Gasteiger partial charge is 0.487 e. The Bertz CT molecular complexity index is 563. The van der Waals surface area contributed by atoms with Gasteiger partial charge in [-0.3, -0.25) is 0 Å². The fourth-order valence-electron chi connectivity index (χ4n) is 2.51. The Hall–Kier alpha value is -2.16. The number of rotatable bonds is 8. The zero-order valence-corrected chi connectivity index (χ0v) is 13.6. The van der Waals surface area contributed by atoms with Crippen molar-refractivity contribution in [1.82, 2.24) is 0 Å². The van der Waals surface area contributed by atoms with Crippen molar-refractivity contribution in [2.45, 2.75) is 33.3 Å². The third-order valence-electron chi connectivity index (χ3n) is 3.58. The van der Waals surface area contributed by atoms with Crippen LogP contribution in [-0.4, -0.2) is 13.1 Å². The van der Waals surface area contributed by atoms with Gasteiger partial charge in [-0.15, -0.1) is 0 Å². The first-order valence-electron chi connectivity index (χ1n) is 8.05. The van der Waals surface area contributed by atoms with Gasteiger partial charge < -0.3 is 15.4 Å². The summed E-state index contributed by atoms with van der Waals surface area (Å²) in [6, 6.07) is 16.2. The molecule has 22 heavy (non-hydrogen) atoms. The van der Waals surface area contributed by atoms with Crippen LogP contribution in [0.3, 0.4) is 0 Å². The Kier molecular flexibility index (Phi) is 6.13. The van der Waals surface area contributed by atoms with Gasteiger partial charge in [-0.05, 0) is 36.6 Å². The lowest BCUT2D eigenvalue weighted by Crippen LogP contribution is -2.24. The van der Waals surface area contributed by atoms with Crippen molar-refractivity contribution >= 4 is 11.4 Å². The molecule has 0 atom stereocenters. The zero-order chi connectivity index (χ0) is 15.8. The summed E-state index contributed by atoms with van der Waals surface area (Å²) in [4.78, 5) is 2.37. The molecule has 0 heterocycles. The van der Waals surface area contributed by atoms with E-state index in [-0.39, 0.29) is 0 Å². The van der Waals surface area contributed by atoms with Crippen molar-refractivity contribution in [3.63, 3.8) is 0 Å². The monoisotopic (exact) mass is 298 g/mol. The second-order valence-corrected chi connectivity index (χ2v) is 5.48. The van der Waals surface area contributed by atoms with Crippen molar-refractivity contribution in [3.8, 4) is 5.75 Å². The van der Waals surface area contributed by atoms with Crippen LogP contribution < -0.4 is 15.4 Å². The molecule has 2 rings (SSSR count). The Morgan fingerprint density at radius 1 is 0.955 bits per heavy atom. The molecule has 0 bridgehead atoms. The Morgan fingerprint density at radius 2 is 1.64 bits per heavy atom. The maximum absolute atomic E-state index is 6.16. The summed E-state index contributed by atoms with van der Waals surface area (Å²) >= 11 is 0. The third-order valence-corrected chi connectivity index (χ3v) is 3.58. The maximum Gasteiger partial charge on any atom is 0.142 e. The summed E-state index contributed by atoms with van der Waals surface area (Å²) in [6.07, 6.45) is 2.26. The highest BCUT2D eigenvalue weighted by Gasteiger charge is 2.08. The minimum Gasteiger partial charge on any atom is -0.487 e. The van der Waals surface area contributed by atoms with E-state index < -0.39 is 0 Å². The van der Waals surface area contributed by atoms with Gasteiger partial charge in [-0.2, -0.15) is 0 Å². The van der Waals surface area contributed by atoms with Gasteiger partial charge in [0.1, 0.15) is 12.4 Å². The highest BCUT2D eigenvalue weighted by atomic mass is 16.5. The van der Waals surface area contributed by atoms with E-state index in [1.165, 1.54) is 5.69 Å². The first-order chi connectivity index (χ1) is 10.7. The molecule has 2 N–H and O–H groups in total. The molecule has 118 valence electrons. The second-order valence-electron chi connectivity index (χ2n) is 5.48. The van der Waals surface area contributed by atoms with Crippen LogP contribution in [-0.2, 0) is 6.61 Å². The van der Waals surface area contributed by atoms with Gasteiger partial charge >= 0.3 is 0 Å². The predicted octanol–water partition coefficient (Wildman–Crippen LogP) is 4.47. The highest BCUT2D eigenvalue weighted by Crippen LogP contribution is 2.28. The van der Waals surface area contributed by atoms with Crippen LogP contribution in [0, 0.1) is 0 Å². The molecule has 2 aromatic rings. The van der Waals surface area contributed by atoms with E-state index in [2.05, 4.69) is 36.9 Å². The molecular formula is C19H26N2O. The summed E-state index contributed by atoms with van der Waals surface area (Å²) in [5.41, 5.74) is 9.18. The number of ether oxygens (including phenoxy) is 1. The van der Waals surface area contributed by atoms with Gasteiger partial charge in [0.25, 0.3) is 0 Å². The van der Waals surface area contributed by atoms with Crippen molar-refractivity contribution in [2.75, 3.05) is 23.7 Å². The third kappa shape index (κ3) is 4.42. The number of anilines is 2. The average molecular weight is 298 g/mol. The van der Waals surface area contributed by atoms with Crippen LogP contribution >= 0.6 is 0 Å². The summed E-state index contributed by atoms with van der Waals surface area (Å²) < 4.78 is 5.83. The van der Waals surface area contributed by atoms with E-state index in [9.17, 15) is 0 Å². The summed E-state index contributed by atoms with van der Waals surface area (Å²) in [6.45, 7) is 7.04. The minimum atomic E-state index is 0.540. The Morgan fingerprint density at radius 3 is 2.23 bits per heavy atom. The van der Waals surface area contributed by atoms with E-state index in [1.807, 2.05) is 30.3 Å². The van der Waals surface area contributed by atoms with Gasteiger partial charge in [0.05, 0.1) is 5.69 Å². The quantitative estimate of drug-likeness (QED) is 0.731. The van der Waals surface area contributed by atoms with Crippen molar-refractivity contribution in [1.29, 1.82) is 0 Å². The van der Waals surface area contributed by atoms with Crippen molar-refractivity contribution < 1.29 is 4.74 Å². The lowest BCUT2D eigenvalue weighted by molar-refractivity contribution is 0.308. The Labute approximate surface area is 133 Å². The van der Waals surface area contributed by atoms with Gasteiger partial charge in [0.15, 0.2) is 0 Å². The van der Waals surface area contributed by atoms with E-state index in [4.69, 9.17) is 10.5 Å². The summed E-state index contributed by atoms with van der Waals surface area (Å²) in [7, 11) is 0. The summed E-state index contributed by atoms with van der Waals surface area (Å²) in [5.74, 6) is 0.751. The molecule has 0 aromatic heterocycles. The number of hydrogen-bond acceptors (Lipinski definition) is 3. The van der Waals surface area contributed by atoms with Crippen LogP contribution in [0.25, 0.3) is 0 Å². The molecule has 0 radical (unpaired) electrons. The molecule has 2 aromatic carbocycles. The molecular weight excluding hydrogens is 272 g/mol. The molecule has 0 aliphatic rings. The predicted molar refractivity (Wildman–Crippen MR) is 94.4 cm³/mol. The highest BCUT2D eigenvalue weighted by molar-refractivity contribution is 5.63. The topological polar surface area (TPSA) is 38.5 Å². The molecule has 0 spiro atoms. The number of nitrogens with zero attached hydrogens (tertiary/aromatic N) is 1. The normalized spacial score (nSPS) is 10.5. The van der Waals surface area contributed by atoms with Gasteiger partial charge in [-0.25, -0.2) is 0 Å². The molecule has 0 aliphatic heterocycles. The molecule has 0 aliphatic carbocycles. The number of nitrogens with two attached hydrogens (primary N) is 1. The fraction of sp³-hybridized carbons (Fsp3) is 0.368. The minimum absolute atomic E-state index is 0.540. The maximum atomic E-state index is 6.16. The number of hydrogen-bond donors (Lipinski definition) is 1. The second kappa shape index (κ2) is 8.32. The standard InChI is InChI=1S/C19H26N2O/c1-3-12-21(13-4-2)17-10-11-19(18(20)14-17)22-15-16-8-6-5-7-9-16/h5-11,14H,3-4,12-13,15,20H2,1-2H3. The lowest BCUT2D eigenvalue weighted by atomic mass is 10.2. The molecule has 0 amide bonds. The van der Waals surface area contributed by atoms with Crippen LogP contribution in [0.1, 0.15) is 32.3 Å². The molecule has 0 saturated carbocycles.